The maximum absolute atomic E-state index is 13.0. The van der Waals surface area contributed by atoms with Gasteiger partial charge < -0.3 is 24.3 Å². The molecule has 0 fully saturated rings. The van der Waals surface area contributed by atoms with Crippen molar-refractivity contribution in [1.82, 2.24) is 5.32 Å². The Balaban J connectivity index is 1.75. The first-order valence-corrected chi connectivity index (χ1v) is 12.4. The molecule has 0 amide bonds. The first kappa shape index (κ1) is 27.3. The van der Waals surface area contributed by atoms with E-state index in [-0.39, 0.29) is 12.0 Å². The summed E-state index contributed by atoms with van der Waals surface area (Å²) in [4.78, 5) is 13.0. The predicted octanol–water partition coefficient (Wildman–Crippen LogP) is 4.97. The summed E-state index contributed by atoms with van der Waals surface area (Å²) in [6.45, 7) is 2.53. The van der Waals surface area contributed by atoms with Crippen molar-refractivity contribution in [3.63, 3.8) is 0 Å². The molecule has 0 saturated heterocycles. The highest BCUT2D eigenvalue weighted by Crippen LogP contribution is 2.19. The molecule has 7 heteroatoms. The van der Waals surface area contributed by atoms with Crippen molar-refractivity contribution in [1.29, 1.82) is 0 Å². The molecule has 0 aliphatic rings. The van der Waals surface area contributed by atoms with E-state index in [9.17, 15) is 4.79 Å². The molecule has 3 unspecified atom stereocenters. The van der Waals surface area contributed by atoms with E-state index < -0.39 is 24.3 Å². The molecule has 1 N–H and O–H groups in total. The molecule has 0 aliphatic carbocycles. The minimum atomic E-state index is -0.676. The Kier molecular flexibility index (Phi) is 11.4. The molecule has 0 spiro atoms. The lowest BCUT2D eigenvalue weighted by molar-refractivity contribution is -0.127. The molecular weight excluding hydrogens is 474 g/mol. The van der Waals surface area contributed by atoms with E-state index in [4.69, 9.17) is 31.2 Å². The molecule has 3 aromatic carbocycles. The molecule has 0 bridgehead atoms. The van der Waals surface area contributed by atoms with Gasteiger partial charge in [0.2, 0.25) is 0 Å². The van der Waals surface area contributed by atoms with E-state index in [1.165, 1.54) is 5.56 Å². The molecule has 0 heterocycles. The third-order valence-electron chi connectivity index (χ3n) is 5.59. The average Bonchev–Trinajstić information content (AvgIpc) is 2.91. The van der Waals surface area contributed by atoms with E-state index in [0.717, 1.165) is 12.0 Å². The van der Waals surface area contributed by atoms with Crippen LogP contribution in [0.3, 0.4) is 0 Å². The number of hydrogen-bond donors (Lipinski definition) is 1. The van der Waals surface area contributed by atoms with Gasteiger partial charge in [0, 0.05) is 20.1 Å². The second-order valence-electron chi connectivity index (χ2n) is 8.31. The smallest absolute Gasteiger partial charge is 0.338 e. The van der Waals surface area contributed by atoms with Crippen molar-refractivity contribution in [2.24, 2.45) is 0 Å². The summed E-state index contributed by atoms with van der Waals surface area (Å²) < 4.78 is 23.1. The SMILES string of the molecule is COCOC(C)C(OC(=S)NCCc1ccccc1)C(Cc1ccccc1)OC(=O)c1ccccc1. The predicted molar refractivity (Wildman–Crippen MR) is 144 cm³/mol. The van der Waals surface area contributed by atoms with Gasteiger partial charge in [-0.15, -0.1) is 0 Å². The molecular formula is C29H33NO5S. The van der Waals surface area contributed by atoms with Crippen molar-refractivity contribution in [3.8, 4) is 0 Å². The number of benzene rings is 3. The highest BCUT2D eigenvalue weighted by Gasteiger charge is 2.34. The van der Waals surface area contributed by atoms with Gasteiger partial charge in [0.05, 0.1) is 11.7 Å². The summed E-state index contributed by atoms with van der Waals surface area (Å²) in [5.74, 6) is -0.438. The van der Waals surface area contributed by atoms with Crippen LogP contribution >= 0.6 is 12.2 Å². The lowest BCUT2D eigenvalue weighted by atomic mass is 10.0. The number of esters is 1. The van der Waals surface area contributed by atoms with Crippen LogP contribution in [0.4, 0.5) is 0 Å². The van der Waals surface area contributed by atoms with Crippen molar-refractivity contribution in [2.45, 2.75) is 38.1 Å². The van der Waals surface area contributed by atoms with E-state index >= 15 is 0 Å². The fraction of sp³-hybridized carbons (Fsp3) is 0.310. The van der Waals surface area contributed by atoms with Crippen LogP contribution in [-0.4, -0.2) is 49.9 Å². The Morgan fingerprint density at radius 2 is 1.44 bits per heavy atom. The minimum Gasteiger partial charge on any atom is -0.461 e. The third kappa shape index (κ3) is 9.07. The molecule has 0 saturated carbocycles. The lowest BCUT2D eigenvalue weighted by Gasteiger charge is -2.32. The zero-order valence-corrected chi connectivity index (χ0v) is 21.5. The van der Waals surface area contributed by atoms with Crippen LogP contribution in [0.25, 0.3) is 0 Å². The topological polar surface area (TPSA) is 66.0 Å². The van der Waals surface area contributed by atoms with Gasteiger partial charge in [0.1, 0.15) is 12.9 Å². The Morgan fingerprint density at radius 1 is 0.861 bits per heavy atom. The van der Waals surface area contributed by atoms with Gasteiger partial charge in [-0.2, -0.15) is 0 Å². The fourth-order valence-electron chi connectivity index (χ4n) is 3.71. The van der Waals surface area contributed by atoms with Gasteiger partial charge in [-0.1, -0.05) is 78.9 Å². The van der Waals surface area contributed by atoms with Crippen LogP contribution in [0.1, 0.15) is 28.4 Å². The first-order chi connectivity index (χ1) is 17.6. The van der Waals surface area contributed by atoms with Crippen LogP contribution in [0.5, 0.6) is 0 Å². The fourth-order valence-corrected chi connectivity index (χ4v) is 3.93. The van der Waals surface area contributed by atoms with E-state index in [1.807, 2.05) is 61.5 Å². The van der Waals surface area contributed by atoms with E-state index in [0.29, 0.717) is 18.5 Å². The summed E-state index contributed by atoms with van der Waals surface area (Å²) in [5, 5.41) is 3.38. The van der Waals surface area contributed by atoms with Gasteiger partial charge >= 0.3 is 5.97 Å². The minimum absolute atomic E-state index is 0.0694. The molecule has 36 heavy (non-hydrogen) atoms. The average molecular weight is 508 g/mol. The van der Waals surface area contributed by atoms with Gasteiger partial charge in [0.25, 0.3) is 5.17 Å². The van der Waals surface area contributed by atoms with Crippen LogP contribution < -0.4 is 5.32 Å². The number of carbonyl (C=O) groups is 1. The van der Waals surface area contributed by atoms with Crippen molar-refractivity contribution in [3.05, 3.63) is 108 Å². The van der Waals surface area contributed by atoms with Crippen molar-refractivity contribution in [2.75, 3.05) is 20.4 Å². The second kappa shape index (κ2) is 15.0. The molecule has 3 rings (SSSR count). The van der Waals surface area contributed by atoms with Gasteiger partial charge in [-0.25, -0.2) is 4.79 Å². The molecule has 190 valence electrons. The monoisotopic (exact) mass is 507 g/mol. The lowest BCUT2D eigenvalue weighted by Crippen LogP contribution is -2.46. The normalized spacial score (nSPS) is 13.3. The molecule has 6 nitrogen and oxygen atoms in total. The Bertz CT molecular complexity index is 1050. The van der Waals surface area contributed by atoms with Crippen LogP contribution in [-0.2, 0) is 31.8 Å². The summed E-state index contributed by atoms with van der Waals surface area (Å²) >= 11 is 5.51. The largest absolute Gasteiger partial charge is 0.461 e. The maximum atomic E-state index is 13.0. The molecule has 3 atom stereocenters. The third-order valence-corrected chi connectivity index (χ3v) is 5.84. The number of hydrogen-bond acceptors (Lipinski definition) is 6. The zero-order chi connectivity index (χ0) is 25.6. The number of ether oxygens (including phenoxy) is 4. The number of thiocarbonyl (C=S) groups is 1. The number of carbonyl (C=O) groups excluding carboxylic acids is 1. The van der Waals surface area contributed by atoms with Crippen LogP contribution in [0.15, 0.2) is 91.0 Å². The summed E-state index contributed by atoms with van der Waals surface area (Å²) in [5.41, 5.74) is 2.65. The Labute approximate surface area is 218 Å². The van der Waals surface area contributed by atoms with Crippen LogP contribution in [0.2, 0.25) is 0 Å². The van der Waals surface area contributed by atoms with Crippen LogP contribution in [0, 0.1) is 0 Å². The van der Waals surface area contributed by atoms with E-state index in [2.05, 4.69) is 17.4 Å². The summed E-state index contributed by atoms with van der Waals surface area (Å²) in [6, 6.07) is 28.8. The molecule has 0 aromatic heterocycles. The Hall–Kier alpha value is -3.26. The van der Waals surface area contributed by atoms with Gasteiger partial charge in [-0.3, -0.25) is 0 Å². The second-order valence-corrected chi connectivity index (χ2v) is 8.68. The number of rotatable bonds is 13. The molecule has 0 radical (unpaired) electrons. The molecule has 0 aliphatic heterocycles. The quantitative estimate of drug-likeness (QED) is 0.199. The Morgan fingerprint density at radius 3 is 2.06 bits per heavy atom. The van der Waals surface area contributed by atoms with Crippen molar-refractivity contribution >= 4 is 23.4 Å². The number of methoxy groups -OCH3 is 1. The highest BCUT2D eigenvalue weighted by atomic mass is 32.1. The summed E-state index contributed by atoms with van der Waals surface area (Å²) in [6.07, 6.45) is -0.597. The van der Waals surface area contributed by atoms with Gasteiger partial charge in [-0.05, 0) is 48.8 Å². The number of nitrogens with one attached hydrogen (secondary N) is 1. The van der Waals surface area contributed by atoms with E-state index in [1.54, 1.807) is 31.4 Å². The maximum Gasteiger partial charge on any atom is 0.338 e. The highest BCUT2D eigenvalue weighted by molar-refractivity contribution is 7.80. The zero-order valence-electron chi connectivity index (χ0n) is 20.7. The first-order valence-electron chi connectivity index (χ1n) is 12.0. The van der Waals surface area contributed by atoms with Gasteiger partial charge in [0.15, 0.2) is 6.10 Å². The molecule has 3 aromatic rings. The summed E-state index contributed by atoms with van der Waals surface area (Å²) in [7, 11) is 1.55. The van der Waals surface area contributed by atoms with Crippen molar-refractivity contribution < 1.29 is 23.7 Å². The standard InChI is InChI=1S/C29H33NO5S/c1-22(33-21-32-2)27(35-29(36)30-19-18-23-12-6-3-7-13-23)26(20-24-14-8-4-9-15-24)34-28(31)25-16-10-5-11-17-25/h3-17,22,26-27H,18-21H2,1-2H3,(H,30,36).